The molecule has 3 aliphatic rings. The molecule has 160 valence electrons. The van der Waals surface area contributed by atoms with E-state index < -0.39 is 18.4 Å². The number of amides is 1. The summed E-state index contributed by atoms with van der Waals surface area (Å²) in [6.07, 6.45) is 0. The van der Waals surface area contributed by atoms with Crippen molar-refractivity contribution < 1.29 is 18.0 Å². The van der Waals surface area contributed by atoms with Crippen molar-refractivity contribution in [2.24, 2.45) is 4.99 Å². The Bertz CT molecular complexity index is 1070. The molecule has 5 rings (SSSR count). The molecule has 1 amide bonds. The number of hydrogen-bond acceptors (Lipinski definition) is 4. The van der Waals surface area contributed by atoms with Crippen LogP contribution in [0.4, 0.5) is 13.2 Å². The van der Waals surface area contributed by atoms with Gasteiger partial charge in [-0.1, -0.05) is 42.5 Å². The second-order valence-corrected chi connectivity index (χ2v) is 8.01. The molecule has 5 nitrogen and oxygen atoms in total. The molecule has 0 saturated carbocycles. The number of alkyl halides is 2. The van der Waals surface area contributed by atoms with E-state index in [1.165, 1.54) is 21.9 Å². The zero-order valence-electron chi connectivity index (χ0n) is 16.8. The minimum absolute atomic E-state index is 0.107. The number of fused-ring (bicyclic) bond motifs is 2. The summed E-state index contributed by atoms with van der Waals surface area (Å²) < 4.78 is 43.9. The molecule has 3 heterocycles. The van der Waals surface area contributed by atoms with E-state index in [0.29, 0.717) is 25.2 Å². The summed E-state index contributed by atoms with van der Waals surface area (Å²) in [4.78, 5) is 22.3. The molecule has 2 aromatic rings. The molecule has 0 aromatic heterocycles. The van der Waals surface area contributed by atoms with E-state index >= 15 is 8.78 Å². The van der Waals surface area contributed by atoms with Crippen LogP contribution in [0.3, 0.4) is 0 Å². The highest BCUT2D eigenvalue weighted by Gasteiger charge is 2.52. The zero-order chi connectivity index (χ0) is 21.6. The van der Waals surface area contributed by atoms with Crippen molar-refractivity contribution in [3.63, 3.8) is 0 Å². The molecule has 0 aliphatic carbocycles. The average molecular weight is 426 g/mol. The van der Waals surface area contributed by atoms with Gasteiger partial charge in [-0.3, -0.25) is 19.6 Å². The van der Waals surface area contributed by atoms with Crippen LogP contribution in [-0.4, -0.2) is 58.7 Å². The highest BCUT2D eigenvalue weighted by molar-refractivity contribution is 6.10. The van der Waals surface area contributed by atoms with Gasteiger partial charge in [0.1, 0.15) is 11.5 Å². The summed E-state index contributed by atoms with van der Waals surface area (Å²) in [5.41, 5.74) is 1.51. The van der Waals surface area contributed by atoms with Crippen molar-refractivity contribution in [2.75, 3.05) is 26.2 Å². The quantitative estimate of drug-likeness (QED) is 0.754. The summed E-state index contributed by atoms with van der Waals surface area (Å²) in [6, 6.07) is 15.2. The fourth-order valence-corrected chi connectivity index (χ4v) is 4.46. The molecule has 0 radical (unpaired) electrons. The van der Waals surface area contributed by atoms with Crippen LogP contribution in [-0.2, 0) is 17.9 Å². The van der Waals surface area contributed by atoms with Gasteiger partial charge in [-0.15, -0.1) is 0 Å². The molecule has 8 heteroatoms. The number of carbonyl (C=O) groups is 1. The summed E-state index contributed by atoms with van der Waals surface area (Å²) in [5.74, 6) is -3.74. The van der Waals surface area contributed by atoms with Crippen LogP contribution >= 0.6 is 0 Å². The molecule has 3 aliphatic heterocycles. The zero-order valence-corrected chi connectivity index (χ0v) is 16.8. The van der Waals surface area contributed by atoms with Crippen LogP contribution in [0.5, 0.6) is 0 Å². The summed E-state index contributed by atoms with van der Waals surface area (Å²) >= 11 is 0. The predicted molar refractivity (Wildman–Crippen MR) is 110 cm³/mol. The van der Waals surface area contributed by atoms with Gasteiger partial charge in [-0.05, 0) is 23.3 Å². The highest BCUT2D eigenvalue weighted by atomic mass is 19.3. The maximum absolute atomic E-state index is 15.3. The second kappa shape index (κ2) is 7.53. The van der Waals surface area contributed by atoms with Crippen molar-refractivity contribution in [3.05, 3.63) is 82.8 Å². The van der Waals surface area contributed by atoms with Crippen LogP contribution in [0.2, 0.25) is 0 Å². The van der Waals surface area contributed by atoms with E-state index in [1.807, 2.05) is 30.3 Å². The topological polar surface area (TPSA) is 39.2 Å². The van der Waals surface area contributed by atoms with Gasteiger partial charge in [-0.2, -0.15) is 8.78 Å². The van der Waals surface area contributed by atoms with Gasteiger partial charge >= 0.3 is 5.92 Å². The highest BCUT2D eigenvalue weighted by Crippen LogP contribution is 2.40. The molecule has 0 N–H and O–H groups in total. The molecule has 0 fully saturated rings. The number of guanidine groups is 1. The third-order valence-electron chi connectivity index (χ3n) is 5.77. The SMILES string of the molecule is O=C1C2=C(N3CCN=C3N1Cc1ccc(F)cc1)C(F)(F)CN(Cc1ccccc1)C2. The number of hydrogen-bond donors (Lipinski definition) is 0. The Morgan fingerprint density at radius 3 is 2.42 bits per heavy atom. The first-order valence-electron chi connectivity index (χ1n) is 10.2. The maximum Gasteiger partial charge on any atom is 0.300 e. The fraction of sp³-hybridized carbons (Fsp3) is 0.304. The molecule has 0 bridgehead atoms. The molecule has 0 saturated heterocycles. The Labute approximate surface area is 178 Å². The minimum Gasteiger partial charge on any atom is -0.308 e. The number of carbonyl (C=O) groups excluding carboxylic acids is 1. The Hall–Kier alpha value is -3.13. The van der Waals surface area contributed by atoms with Crippen molar-refractivity contribution in [1.82, 2.24) is 14.7 Å². The molecule has 0 unspecified atom stereocenters. The smallest absolute Gasteiger partial charge is 0.300 e. The van der Waals surface area contributed by atoms with Gasteiger partial charge < -0.3 is 4.90 Å². The summed E-state index contributed by atoms with van der Waals surface area (Å²) in [5, 5.41) is 0. The van der Waals surface area contributed by atoms with Crippen molar-refractivity contribution >= 4 is 11.9 Å². The molecule has 2 aromatic carbocycles. The lowest BCUT2D eigenvalue weighted by Gasteiger charge is -2.45. The lowest BCUT2D eigenvalue weighted by Crippen LogP contribution is -2.59. The minimum atomic E-state index is -3.16. The van der Waals surface area contributed by atoms with Gasteiger partial charge in [-0.25, -0.2) is 4.39 Å². The van der Waals surface area contributed by atoms with Crippen molar-refractivity contribution in [2.45, 2.75) is 19.0 Å². The van der Waals surface area contributed by atoms with Gasteiger partial charge in [0.05, 0.1) is 25.2 Å². The van der Waals surface area contributed by atoms with Gasteiger partial charge in [0.25, 0.3) is 5.91 Å². The van der Waals surface area contributed by atoms with Crippen LogP contribution in [0, 0.1) is 5.82 Å². The first-order chi connectivity index (χ1) is 14.9. The van der Waals surface area contributed by atoms with Crippen LogP contribution in [0.15, 0.2) is 70.9 Å². The van der Waals surface area contributed by atoms with Crippen LogP contribution in [0.1, 0.15) is 11.1 Å². The lowest BCUT2D eigenvalue weighted by molar-refractivity contribution is -0.127. The van der Waals surface area contributed by atoms with E-state index in [1.54, 1.807) is 17.0 Å². The normalized spacial score (nSPS) is 20.6. The van der Waals surface area contributed by atoms with Crippen molar-refractivity contribution in [1.29, 1.82) is 0 Å². The lowest BCUT2D eigenvalue weighted by atomic mass is 9.97. The van der Waals surface area contributed by atoms with E-state index in [2.05, 4.69) is 4.99 Å². The molecular formula is C23H21F3N4O. The van der Waals surface area contributed by atoms with E-state index in [4.69, 9.17) is 0 Å². The molecular weight excluding hydrogens is 405 g/mol. The Balaban J connectivity index is 1.48. The molecule has 0 spiro atoms. The maximum atomic E-state index is 15.3. The predicted octanol–water partition coefficient (Wildman–Crippen LogP) is 3.24. The third-order valence-corrected chi connectivity index (χ3v) is 5.77. The van der Waals surface area contributed by atoms with Gasteiger partial charge in [0.2, 0.25) is 5.96 Å². The number of halogens is 3. The fourth-order valence-electron chi connectivity index (χ4n) is 4.46. The second-order valence-electron chi connectivity index (χ2n) is 8.01. The van der Waals surface area contributed by atoms with Crippen LogP contribution in [0.25, 0.3) is 0 Å². The first kappa shape index (κ1) is 19.8. The van der Waals surface area contributed by atoms with E-state index in [-0.39, 0.29) is 36.1 Å². The largest absolute Gasteiger partial charge is 0.308 e. The average Bonchev–Trinajstić information content (AvgIpc) is 3.21. The van der Waals surface area contributed by atoms with Crippen molar-refractivity contribution in [3.8, 4) is 0 Å². The number of benzene rings is 2. The summed E-state index contributed by atoms with van der Waals surface area (Å²) in [7, 11) is 0. The summed E-state index contributed by atoms with van der Waals surface area (Å²) in [6.45, 7) is 0.839. The number of aliphatic imine (C=N–C) groups is 1. The number of rotatable bonds is 4. The molecule has 31 heavy (non-hydrogen) atoms. The van der Waals surface area contributed by atoms with Crippen LogP contribution < -0.4 is 0 Å². The van der Waals surface area contributed by atoms with Gasteiger partial charge in [0, 0.05) is 19.6 Å². The Morgan fingerprint density at radius 1 is 0.968 bits per heavy atom. The number of nitrogens with zero attached hydrogens (tertiary/aromatic N) is 4. The third kappa shape index (κ3) is 3.61. The van der Waals surface area contributed by atoms with E-state index in [9.17, 15) is 9.18 Å². The van der Waals surface area contributed by atoms with E-state index in [0.717, 1.165) is 5.56 Å². The Kier molecular flexibility index (Phi) is 4.81. The molecule has 0 atom stereocenters. The monoisotopic (exact) mass is 426 g/mol. The first-order valence-corrected chi connectivity index (χ1v) is 10.2. The Morgan fingerprint density at radius 2 is 1.68 bits per heavy atom. The standard InChI is InChI=1S/C23H21F3N4O/c24-18-8-6-17(7-9-18)13-30-21(31)19-14-28(12-16-4-2-1-3-5-16)15-23(25,26)20(19)29-11-10-27-22(29)30/h1-9H,10-15H2. The van der Waals surface area contributed by atoms with Gasteiger partial charge in [0.15, 0.2) is 0 Å².